The summed E-state index contributed by atoms with van der Waals surface area (Å²) in [6.45, 7) is 5.40. The van der Waals surface area contributed by atoms with E-state index in [-0.39, 0.29) is 6.61 Å². The summed E-state index contributed by atoms with van der Waals surface area (Å²) in [6.07, 6.45) is 0.868. The van der Waals surface area contributed by atoms with Gasteiger partial charge in [-0.05, 0) is 20.5 Å². The van der Waals surface area contributed by atoms with Crippen molar-refractivity contribution in [1.82, 2.24) is 15.5 Å². The van der Waals surface area contributed by atoms with Crippen LogP contribution in [0, 0.1) is 0 Å². The maximum atomic E-state index is 8.71. The van der Waals surface area contributed by atoms with Crippen LogP contribution in [0.4, 0.5) is 0 Å². The lowest BCUT2D eigenvalue weighted by Gasteiger charge is -2.21. The second kappa shape index (κ2) is 9.92. The summed E-state index contributed by atoms with van der Waals surface area (Å²) in [6, 6.07) is 0. The first-order valence-electron chi connectivity index (χ1n) is 4.97. The Hall–Kier alpha value is -0.160. The van der Waals surface area contributed by atoms with Crippen LogP contribution in [-0.4, -0.2) is 63.4 Å². The second-order valence-corrected chi connectivity index (χ2v) is 3.13. The molecule has 0 rings (SSSR count). The zero-order valence-corrected chi connectivity index (χ0v) is 8.84. The number of hydrogen-bond donors (Lipinski definition) is 3. The first-order chi connectivity index (χ1) is 6.35. The highest BCUT2D eigenvalue weighted by molar-refractivity contribution is 4.60. The first-order valence-corrected chi connectivity index (χ1v) is 4.97. The summed E-state index contributed by atoms with van der Waals surface area (Å²) < 4.78 is 0. The van der Waals surface area contributed by atoms with E-state index in [4.69, 9.17) is 5.11 Å². The Morgan fingerprint density at radius 3 is 1.92 bits per heavy atom. The van der Waals surface area contributed by atoms with Crippen LogP contribution in [0.3, 0.4) is 0 Å². The van der Waals surface area contributed by atoms with E-state index in [1.807, 2.05) is 14.1 Å². The van der Waals surface area contributed by atoms with E-state index in [1.165, 1.54) is 0 Å². The lowest BCUT2D eigenvalue weighted by Crippen LogP contribution is -2.36. The van der Waals surface area contributed by atoms with Crippen molar-refractivity contribution in [3.63, 3.8) is 0 Å². The van der Waals surface area contributed by atoms with Crippen LogP contribution in [0.5, 0.6) is 0 Å². The highest BCUT2D eigenvalue weighted by Gasteiger charge is 2.01. The third-order valence-corrected chi connectivity index (χ3v) is 1.99. The minimum Gasteiger partial charge on any atom is -0.396 e. The van der Waals surface area contributed by atoms with Crippen molar-refractivity contribution in [1.29, 1.82) is 0 Å². The van der Waals surface area contributed by atoms with Crippen molar-refractivity contribution in [3.05, 3.63) is 0 Å². The Kier molecular flexibility index (Phi) is 9.80. The maximum Gasteiger partial charge on any atom is 0.0443 e. The molecule has 4 nitrogen and oxygen atoms in total. The topological polar surface area (TPSA) is 47.5 Å². The van der Waals surface area contributed by atoms with Crippen LogP contribution in [0.1, 0.15) is 6.42 Å². The van der Waals surface area contributed by atoms with Crippen LogP contribution in [0.2, 0.25) is 0 Å². The van der Waals surface area contributed by atoms with E-state index in [1.54, 1.807) is 0 Å². The molecule has 0 fully saturated rings. The van der Waals surface area contributed by atoms with Crippen LogP contribution in [-0.2, 0) is 0 Å². The van der Waals surface area contributed by atoms with Crippen molar-refractivity contribution < 1.29 is 5.11 Å². The molecule has 0 aromatic rings. The van der Waals surface area contributed by atoms with Crippen molar-refractivity contribution in [2.75, 3.05) is 53.4 Å². The minimum absolute atomic E-state index is 0.287. The molecule has 3 N–H and O–H groups in total. The first kappa shape index (κ1) is 12.8. The van der Waals surface area contributed by atoms with E-state index in [9.17, 15) is 0 Å². The van der Waals surface area contributed by atoms with E-state index in [0.29, 0.717) is 0 Å². The van der Waals surface area contributed by atoms with E-state index < -0.39 is 0 Å². The molecule has 0 aliphatic carbocycles. The fourth-order valence-corrected chi connectivity index (χ4v) is 1.17. The van der Waals surface area contributed by atoms with E-state index in [0.717, 1.165) is 39.1 Å². The second-order valence-electron chi connectivity index (χ2n) is 3.13. The normalized spacial score (nSPS) is 11.1. The Balaban J connectivity index is 3.47. The SMILES string of the molecule is CNCCN(CCCO)CCNC. The Morgan fingerprint density at radius 2 is 1.54 bits per heavy atom. The molecule has 0 saturated heterocycles. The summed E-state index contributed by atoms with van der Waals surface area (Å²) in [5, 5.41) is 15.0. The molecule has 0 aliphatic heterocycles. The molecule has 0 spiro atoms. The standard InChI is InChI=1S/C9H23N3O/c1-10-4-7-12(6-3-9-13)8-5-11-2/h10-11,13H,3-9H2,1-2H3. The zero-order valence-electron chi connectivity index (χ0n) is 8.84. The number of rotatable bonds is 9. The minimum atomic E-state index is 0.287. The number of hydrogen-bond acceptors (Lipinski definition) is 4. The van der Waals surface area contributed by atoms with Gasteiger partial charge in [0, 0.05) is 39.3 Å². The maximum absolute atomic E-state index is 8.71. The van der Waals surface area contributed by atoms with Gasteiger partial charge in [0.05, 0.1) is 0 Å². The third kappa shape index (κ3) is 8.18. The lowest BCUT2D eigenvalue weighted by molar-refractivity contribution is 0.226. The summed E-state index contributed by atoms with van der Waals surface area (Å²) >= 11 is 0. The molecule has 0 aromatic heterocycles. The molecule has 0 aliphatic rings. The average Bonchev–Trinajstić information content (AvgIpc) is 2.17. The van der Waals surface area contributed by atoms with Crippen LogP contribution >= 0.6 is 0 Å². The summed E-state index contributed by atoms with van der Waals surface area (Å²) in [7, 11) is 3.92. The molecule has 0 unspecified atom stereocenters. The zero-order chi connectivity index (χ0) is 9.94. The molecule has 0 bridgehead atoms. The molecule has 0 atom stereocenters. The predicted molar refractivity (Wildman–Crippen MR) is 56.0 cm³/mol. The van der Waals surface area contributed by atoms with E-state index >= 15 is 0 Å². The fourth-order valence-electron chi connectivity index (χ4n) is 1.17. The van der Waals surface area contributed by atoms with Gasteiger partial charge in [-0.15, -0.1) is 0 Å². The van der Waals surface area contributed by atoms with E-state index in [2.05, 4.69) is 15.5 Å². The van der Waals surface area contributed by atoms with Crippen LogP contribution in [0.25, 0.3) is 0 Å². The fraction of sp³-hybridized carbons (Fsp3) is 1.00. The molecule has 4 heteroatoms. The van der Waals surface area contributed by atoms with Gasteiger partial charge >= 0.3 is 0 Å². The van der Waals surface area contributed by atoms with Crippen molar-refractivity contribution in [2.45, 2.75) is 6.42 Å². The van der Waals surface area contributed by atoms with Gasteiger partial charge < -0.3 is 20.6 Å². The lowest BCUT2D eigenvalue weighted by atomic mass is 10.3. The van der Waals surface area contributed by atoms with Gasteiger partial charge in [0.2, 0.25) is 0 Å². The van der Waals surface area contributed by atoms with Crippen molar-refractivity contribution in [2.24, 2.45) is 0 Å². The molecule has 13 heavy (non-hydrogen) atoms. The van der Waals surface area contributed by atoms with Gasteiger partial charge in [-0.25, -0.2) is 0 Å². The smallest absolute Gasteiger partial charge is 0.0443 e. The molecule has 80 valence electrons. The number of nitrogens with one attached hydrogen (secondary N) is 2. The van der Waals surface area contributed by atoms with Gasteiger partial charge in [0.25, 0.3) is 0 Å². The Labute approximate surface area is 81.3 Å². The molecule has 0 aromatic carbocycles. The molecule has 0 radical (unpaired) electrons. The summed E-state index contributed by atoms with van der Waals surface area (Å²) in [4.78, 5) is 2.35. The Morgan fingerprint density at radius 1 is 1.00 bits per heavy atom. The van der Waals surface area contributed by atoms with Crippen LogP contribution < -0.4 is 10.6 Å². The number of nitrogens with zero attached hydrogens (tertiary/aromatic N) is 1. The largest absolute Gasteiger partial charge is 0.396 e. The van der Waals surface area contributed by atoms with Gasteiger partial charge in [-0.1, -0.05) is 0 Å². The highest BCUT2D eigenvalue weighted by atomic mass is 16.3. The average molecular weight is 189 g/mol. The number of aliphatic hydroxyl groups is 1. The van der Waals surface area contributed by atoms with Gasteiger partial charge in [-0.2, -0.15) is 0 Å². The number of aliphatic hydroxyl groups excluding tert-OH is 1. The molecule has 0 heterocycles. The molecular formula is C9H23N3O. The van der Waals surface area contributed by atoms with Crippen molar-refractivity contribution >= 4 is 0 Å². The van der Waals surface area contributed by atoms with Crippen molar-refractivity contribution in [3.8, 4) is 0 Å². The van der Waals surface area contributed by atoms with Gasteiger partial charge in [-0.3, -0.25) is 0 Å². The third-order valence-electron chi connectivity index (χ3n) is 1.99. The summed E-state index contributed by atoms with van der Waals surface area (Å²) in [5.41, 5.74) is 0. The highest BCUT2D eigenvalue weighted by Crippen LogP contribution is 1.89. The Bertz CT molecular complexity index is 81.8. The molecule has 0 saturated carbocycles. The van der Waals surface area contributed by atoms with Crippen LogP contribution in [0.15, 0.2) is 0 Å². The van der Waals surface area contributed by atoms with Gasteiger partial charge in [0.15, 0.2) is 0 Å². The monoisotopic (exact) mass is 189 g/mol. The predicted octanol–water partition coefficient (Wildman–Crippen LogP) is -0.890. The summed E-state index contributed by atoms with van der Waals surface area (Å²) in [5.74, 6) is 0. The van der Waals surface area contributed by atoms with Gasteiger partial charge in [0.1, 0.15) is 0 Å². The molecule has 0 amide bonds. The molecular weight excluding hydrogens is 166 g/mol. The quantitative estimate of drug-likeness (QED) is 0.440. The number of likely N-dealkylation sites (N-methyl/N-ethyl adjacent to an activating group) is 2.